The van der Waals surface area contributed by atoms with E-state index in [1.807, 2.05) is 13.1 Å². The monoisotopic (exact) mass is 167 g/mol. The summed E-state index contributed by atoms with van der Waals surface area (Å²) in [7, 11) is 1.98. The smallest absolute Gasteiger partial charge is 0.121 e. The summed E-state index contributed by atoms with van der Waals surface area (Å²) in [5, 5.41) is 0. The number of hydrogen-bond acceptors (Lipinski definition) is 3. The number of aldehydes is 1. The van der Waals surface area contributed by atoms with Crippen molar-refractivity contribution in [2.75, 3.05) is 13.6 Å². The molecule has 3 nitrogen and oxygen atoms in total. The fraction of sp³-hybridized carbons (Fsp3) is 0.444. The summed E-state index contributed by atoms with van der Waals surface area (Å²) < 4.78 is 4.92. The summed E-state index contributed by atoms with van der Waals surface area (Å²) in [4.78, 5) is 12.1. The fourth-order valence-electron chi connectivity index (χ4n) is 1.05. The number of rotatable bonds is 5. The van der Waals surface area contributed by atoms with Gasteiger partial charge >= 0.3 is 0 Å². The second kappa shape index (κ2) is 4.72. The van der Waals surface area contributed by atoms with Crippen molar-refractivity contribution in [2.24, 2.45) is 0 Å². The first kappa shape index (κ1) is 9.00. The van der Waals surface area contributed by atoms with Crippen LogP contribution < -0.4 is 0 Å². The van der Waals surface area contributed by atoms with E-state index in [9.17, 15) is 4.79 Å². The van der Waals surface area contributed by atoms with Crippen molar-refractivity contribution in [1.29, 1.82) is 0 Å². The van der Waals surface area contributed by atoms with Crippen LogP contribution in [-0.4, -0.2) is 24.8 Å². The van der Waals surface area contributed by atoms with Crippen LogP contribution in [0.5, 0.6) is 0 Å². The van der Waals surface area contributed by atoms with E-state index in [1.165, 1.54) is 0 Å². The van der Waals surface area contributed by atoms with Gasteiger partial charge in [0.05, 0.1) is 12.5 Å². The molecule has 0 saturated heterocycles. The number of hydrogen-bond donors (Lipinski definition) is 0. The van der Waals surface area contributed by atoms with Gasteiger partial charge in [-0.05, 0) is 13.1 Å². The van der Waals surface area contributed by atoms with Crippen LogP contribution in [0.25, 0.3) is 0 Å². The maximum absolute atomic E-state index is 10.1. The lowest BCUT2D eigenvalue weighted by atomic mass is 10.3. The average Bonchev–Trinajstić information content (AvgIpc) is 2.53. The van der Waals surface area contributed by atoms with Gasteiger partial charge in [0.1, 0.15) is 6.29 Å². The Balaban J connectivity index is 2.26. The lowest BCUT2D eigenvalue weighted by molar-refractivity contribution is -0.108. The minimum atomic E-state index is 0.592. The summed E-state index contributed by atoms with van der Waals surface area (Å²) in [5.41, 5.74) is 1.14. The molecule has 1 rings (SSSR count). The van der Waals surface area contributed by atoms with Crippen LogP contribution in [-0.2, 0) is 11.3 Å². The van der Waals surface area contributed by atoms with Crippen LogP contribution in [0.1, 0.15) is 12.0 Å². The Morgan fingerprint density at radius 1 is 1.67 bits per heavy atom. The highest BCUT2D eigenvalue weighted by molar-refractivity contribution is 5.49. The Bertz CT molecular complexity index is 218. The Morgan fingerprint density at radius 2 is 2.50 bits per heavy atom. The van der Waals surface area contributed by atoms with Gasteiger partial charge in [-0.3, -0.25) is 0 Å². The van der Waals surface area contributed by atoms with E-state index in [1.54, 1.807) is 12.5 Å². The van der Waals surface area contributed by atoms with E-state index in [4.69, 9.17) is 4.42 Å². The minimum Gasteiger partial charge on any atom is -0.472 e. The van der Waals surface area contributed by atoms with Crippen molar-refractivity contribution in [2.45, 2.75) is 13.0 Å². The van der Waals surface area contributed by atoms with Gasteiger partial charge < -0.3 is 14.1 Å². The zero-order valence-electron chi connectivity index (χ0n) is 7.19. The Labute approximate surface area is 72.0 Å². The van der Waals surface area contributed by atoms with Gasteiger partial charge in [0.15, 0.2) is 0 Å². The molecule has 0 aliphatic carbocycles. The highest BCUT2D eigenvalue weighted by Crippen LogP contribution is 2.03. The van der Waals surface area contributed by atoms with Crippen molar-refractivity contribution in [3.05, 3.63) is 24.2 Å². The molecule has 66 valence electrons. The zero-order chi connectivity index (χ0) is 8.81. The average molecular weight is 167 g/mol. The summed E-state index contributed by atoms with van der Waals surface area (Å²) >= 11 is 0. The molecule has 0 spiro atoms. The topological polar surface area (TPSA) is 33.5 Å². The molecule has 1 aromatic heterocycles. The minimum absolute atomic E-state index is 0.592. The molecule has 0 bridgehead atoms. The maximum atomic E-state index is 10.1. The predicted octanol–water partition coefficient (Wildman–Crippen LogP) is 1.30. The molecule has 1 heterocycles. The van der Waals surface area contributed by atoms with E-state index in [0.29, 0.717) is 6.42 Å². The van der Waals surface area contributed by atoms with Crippen LogP contribution in [0.4, 0.5) is 0 Å². The van der Waals surface area contributed by atoms with Crippen LogP contribution in [0.2, 0.25) is 0 Å². The molecule has 0 atom stereocenters. The van der Waals surface area contributed by atoms with Crippen molar-refractivity contribution in [3.63, 3.8) is 0 Å². The lowest BCUT2D eigenvalue weighted by Gasteiger charge is -2.12. The van der Waals surface area contributed by atoms with E-state index < -0.39 is 0 Å². The Hall–Kier alpha value is -1.09. The number of carbonyl (C=O) groups is 1. The number of nitrogens with zero attached hydrogens (tertiary/aromatic N) is 1. The van der Waals surface area contributed by atoms with E-state index in [0.717, 1.165) is 24.9 Å². The molecule has 0 N–H and O–H groups in total. The van der Waals surface area contributed by atoms with Crippen molar-refractivity contribution in [1.82, 2.24) is 4.90 Å². The largest absolute Gasteiger partial charge is 0.472 e. The molecule has 0 saturated carbocycles. The third-order valence-electron chi connectivity index (χ3n) is 1.66. The quantitative estimate of drug-likeness (QED) is 0.620. The van der Waals surface area contributed by atoms with Gasteiger partial charge in [-0.1, -0.05) is 0 Å². The van der Waals surface area contributed by atoms with Crippen LogP contribution in [0, 0.1) is 0 Å². The first-order chi connectivity index (χ1) is 5.83. The molecular formula is C9H13NO2. The second-order valence-electron chi connectivity index (χ2n) is 2.82. The highest BCUT2D eigenvalue weighted by Gasteiger charge is 1.99. The summed E-state index contributed by atoms with van der Waals surface area (Å²) in [6, 6.07) is 1.93. The van der Waals surface area contributed by atoms with Crippen LogP contribution in [0.15, 0.2) is 23.0 Å². The van der Waals surface area contributed by atoms with E-state index in [-0.39, 0.29) is 0 Å². The summed E-state index contributed by atoms with van der Waals surface area (Å²) in [6.45, 7) is 1.64. The predicted molar refractivity (Wildman–Crippen MR) is 45.7 cm³/mol. The van der Waals surface area contributed by atoms with Gasteiger partial charge in [0.25, 0.3) is 0 Å². The molecule has 0 fully saturated rings. The molecule has 0 aliphatic rings. The van der Waals surface area contributed by atoms with Gasteiger partial charge in [-0.15, -0.1) is 0 Å². The van der Waals surface area contributed by atoms with Crippen molar-refractivity contribution >= 4 is 6.29 Å². The lowest BCUT2D eigenvalue weighted by Crippen LogP contribution is -2.18. The first-order valence-corrected chi connectivity index (χ1v) is 3.96. The number of furan rings is 1. The molecule has 0 aromatic carbocycles. The third-order valence-corrected chi connectivity index (χ3v) is 1.66. The first-order valence-electron chi connectivity index (χ1n) is 3.96. The number of carbonyl (C=O) groups excluding carboxylic acids is 1. The molecule has 0 amide bonds. The molecule has 3 heteroatoms. The normalized spacial score (nSPS) is 10.5. The highest BCUT2D eigenvalue weighted by atomic mass is 16.3. The van der Waals surface area contributed by atoms with Gasteiger partial charge in [0.2, 0.25) is 0 Å². The SMILES string of the molecule is CN(CCC=O)Cc1ccoc1. The van der Waals surface area contributed by atoms with Crippen molar-refractivity contribution in [3.8, 4) is 0 Å². The van der Waals surface area contributed by atoms with Crippen molar-refractivity contribution < 1.29 is 9.21 Å². The van der Waals surface area contributed by atoms with Gasteiger partial charge in [0, 0.05) is 25.1 Å². The summed E-state index contributed by atoms with van der Waals surface area (Å²) in [5.74, 6) is 0. The summed E-state index contributed by atoms with van der Waals surface area (Å²) in [6.07, 6.45) is 4.90. The standard InChI is InChI=1S/C9H13NO2/c1-10(4-2-5-11)7-9-3-6-12-8-9/h3,5-6,8H,2,4,7H2,1H3. The molecule has 0 radical (unpaired) electrons. The Morgan fingerprint density at radius 3 is 3.08 bits per heavy atom. The zero-order valence-corrected chi connectivity index (χ0v) is 7.19. The van der Waals surface area contributed by atoms with E-state index in [2.05, 4.69) is 4.90 Å². The third kappa shape index (κ3) is 2.88. The molecule has 0 unspecified atom stereocenters. The Kier molecular flexibility index (Phi) is 3.54. The van der Waals surface area contributed by atoms with E-state index >= 15 is 0 Å². The van der Waals surface area contributed by atoms with Gasteiger partial charge in [-0.2, -0.15) is 0 Å². The molecule has 1 aromatic rings. The molecular weight excluding hydrogens is 154 g/mol. The van der Waals surface area contributed by atoms with Gasteiger partial charge in [-0.25, -0.2) is 0 Å². The van der Waals surface area contributed by atoms with Crippen LogP contribution >= 0.6 is 0 Å². The second-order valence-corrected chi connectivity index (χ2v) is 2.82. The maximum Gasteiger partial charge on any atom is 0.121 e. The molecule has 12 heavy (non-hydrogen) atoms. The fourth-order valence-corrected chi connectivity index (χ4v) is 1.05. The van der Waals surface area contributed by atoms with Crippen LogP contribution in [0.3, 0.4) is 0 Å². The molecule has 0 aliphatic heterocycles.